The zero-order valence-corrected chi connectivity index (χ0v) is 13.4. The molecule has 0 atom stereocenters. The monoisotopic (exact) mass is 267 g/mol. The summed E-state index contributed by atoms with van der Waals surface area (Å²) in [7, 11) is 0. The van der Waals surface area contributed by atoms with Crippen LogP contribution in [0.3, 0.4) is 0 Å². The zero-order chi connectivity index (χ0) is 13.9. The normalized spacial score (nSPS) is 33.2. The number of hydrogen-bond acceptors (Lipinski definition) is 2. The molecule has 0 heterocycles. The second-order valence-electron chi connectivity index (χ2n) is 7.77. The molecule has 0 aromatic heterocycles. The lowest BCUT2D eigenvalue weighted by Crippen LogP contribution is -2.50. The van der Waals surface area contributed by atoms with E-state index in [2.05, 4.69) is 33.0 Å². The number of ether oxygens (including phenoxy) is 1. The van der Waals surface area contributed by atoms with E-state index in [0.717, 1.165) is 19.0 Å². The highest BCUT2D eigenvalue weighted by Crippen LogP contribution is 2.44. The first-order chi connectivity index (χ1) is 8.95. The molecule has 2 nitrogen and oxygen atoms in total. The van der Waals surface area contributed by atoms with Crippen molar-refractivity contribution >= 4 is 0 Å². The van der Waals surface area contributed by atoms with Crippen LogP contribution in [-0.2, 0) is 4.74 Å². The Hall–Kier alpha value is -0.0800. The molecule has 2 fully saturated rings. The molecule has 112 valence electrons. The van der Waals surface area contributed by atoms with Gasteiger partial charge in [0.2, 0.25) is 0 Å². The van der Waals surface area contributed by atoms with Gasteiger partial charge in [-0.15, -0.1) is 0 Å². The molecule has 1 N–H and O–H groups in total. The second-order valence-corrected chi connectivity index (χ2v) is 7.77. The van der Waals surface area contributed by atoms with Crippen LogP contribution in [0.15, 0.2) is 0 Å². The van der Waals surface area contributed by atoms with Crippen molar-refractivity contribution in [3.05, 3.63) is 0 Å². The van der Waals surface area contributed by atoms with Crippen LogP contribution >= 0.6 is 0 Å². The van der Waals surface area contributed by atoms with Crippen molar-refractivity contribution in [1.82, 2.24) is 5.32 Å². The topological polar surface area (TPSA) is 21.3 Å². The van der Waals surface area contributed by atoms with Crippen LogP contribution in [0, 0.1) is 11.3 Å². The molecule has 0 spiro atoms. The summed E-state index contributed by atoms with van der Waals surface area (Å²) in [5.74, 6) is 0.868. The number of rotatable bonds is 5. The quantitative estimate of drug-likeness (QED) is 0.808. The Labute approximate surface area is 119 Å². The summed E-state index contributed by atoms with van der Waals surface area (Å²) >= 11 is 0. The van der Waals surface area contributed by atoms with Crippen molar-refractivity contribution < 1.29 is 4.74 Å². The fraction of sp³-hybridized carbons (Fsp3) is 1.00. The molecule has 2 rings (SSSR count). The Bertz CT molecular complexity index is 269. The van der Waals surface area contributed by atoms with E-state index in [4.69, 9.17) is 4.74 Å². The summed E-state index contributed by atoms with van der Waals surface area (Å²) in [5.41, 5.74) is 0.601. The summed E-state index contributed by atoms with van der Waals surface area (Å²) in [6.07, 6.45) is 9.67. The molecule has 2 aliphatic rings. The number of hydrogen-bond donors (Lipinski definition) is 1. The molecule has 0 aliphatic heterocycles. The van der Waals surface area contributed by atoms with Gasteiger partial charge in [-0.25, -0.2) is 0 Å². The average molecular weight is 267 g/mol. The van der Waals surface area contributed by atoms with E-state index in [1.165, 1.54) is 44.9 Å². The highest BCUT2D eigenvalue weighted by Gasteiger charge is 2.41. The van der Waals surface area contributed by atoms with Gasteiger partial charge in [-0.1, -0.05) is 27.7 Å². The van der Waals surface area contributed by atoms with E-state index in [9.17, 15) is 0 Å². The van der Waals surface area contributed by atoms with Crippen molar-refractivity contribution in [2.24, 2.45) is 11.3 Å². The molecule has 0 aromatic carbocycles. The molecule has 0 bridgehead atoms. The molecule has 2 saturated carbocycles. The van der Waals surface area contributed by atoms with E-state index < -0.39 is 0 Å². The molecule has 0 radical (unpaired) electrons. The predicted molar refractivity (Wildman–Crippen MR) is 81.4 cm³/mol. The van der Waals surface area contributed by atoms with Gasteiger partial charge >= 0.3 is 0 Å². The molecule has 19 heavy (non-hydrogen) atoms. The minimum absolute atomic E-state index is 0.142. The zero-order valence-electron chi connectivity index (χ0n) is 13.4. The number of likely N-dealkylation sites (N-methyl/N-ethyl adjacent to an activating group) is 1. The molecular formula is C17H33NO. The lowest BCUT2D eigenvalue weighted by atomic mass is 9.68. The summed E-state index contributed by atoms with van der Waals surface area (Å²) in [4.78, 5) is 0. The fourth-order valence-corrected chi connectivity index (χ4v) is 3.54. The third-order valence-electron chi connectivity index (χ3n) is 5.29. The van der Waals surface area contributed by atoms with Crippen LogP contribution < -0.4 is 5.32 Å². The van der Waals surface area contributed by atoms with Crippen molar-refractivity contribution in [2.45, 2.75) is 84.3 Å². The molecule has 0 saturated heterocycles. The first-order valence-electron chi connectivity index (χ1n) is 8.34. The summed E-state index contributed by atoms with van der Waals surface area (Å²) in [6.45, 7) is 11.5. The average Bonchev–Trinajstić information content (AvgIpc) is 2.31. The lowest BCUT2D eigenvalue weighted by molar-refractivity contribution is -0.145. The van der Waals surface area contributed by atoms with Crippen molar-refractivity contribution in [2.75, 3.05) is 13.1 Å². The molecule has 0 unspecified atom stereocenters. The SMILES string of the molecule is CCNCC1(OC2CCC2)CCC(C(C)(C)C)CC1. The fourth-order valence-electron chi connectivity index (χ4n) is 3.54. The molecule has 0 aromatic rings. The van der Waals surface area contributed by atoms with Gasteiger partial charge in [0.05, 0.1) is 11.7 Å². The Morgan fingerprint density at radius 3 is 2.16 bits per heavy atom. The van der Waals surface area contributed by atoms with E-state index in [0.29, 0.717) is 11.5 Å². The Balaban J connectivity index is 1.92. The predicted octanol–water partition coefficient (Wildman–Crippen LogP) is 4.14. The Morgan fingerprint density at radius 1 is 1.11 bits per heavy atom. The van der Waals surface area contributed by atoms with Gasteiger partial charge in [0.25, 0.3) is 0 Å². The summed E-state index contributed by atoms with van der Waals surface area (Å²) in [6, 6.07) is 0. The van der Waals surface area contributed by atoms with Gasteiger partial charge in [-0.2, -0.15) is 0 Å². The summed E-state index contributed by atoms with van der Waals surface area (Å²) in [5, 5.41) is 3.54. The van der Waals surface area contributed by atoms with Crippen LogP contribution in [0.2, 0.25) is 0 Å². The van der Waals surface area contributed by atoms with Crippen molar-refractivity contribution in [3.8, 4) is 0 Å². The van der Waals surface area contributed by atoms with Crippen LogP contribution in [0.5, 0.6) is 0 Å². The third kappa shape index (κ3) is 3.95. The standard InChI is InChI=1S/C17H33NO/c1-5-18-13-17(19-15-7-6-8-15)11-9-14(10-12-17)16(2,3)4/h14-15,18H,5-13H2,1-4H3. The molecular weight excluding hydrogens is 234 g/mol. The van der Waals surface area contributed by atoms with E-state index in [-0.39, 0.29) is 5.60 Å². The smallest absolute Gasteiger partial charge is 0.0810 e. The van der Waals surface area contributed by atoms with Gasteiger partial charge in [-0.05, 0) is 62.8 Å². The molecule has 2 aliphatic carbocycles. The first-order valence-corrected chi connectivity index (χ1v) is 8.34. The largest absolute Gasteiger partial charge is 0.370 e. The van der Waals surface area contributed by atoms with Crippen molar-refractivity contribution in [1.29, 1.82) is 0 Å². The van der Waals surface area contributed by atoms with Crippen LogP contribution in [0.25, 0.3) is 0 Å². The lowest BCUT2D eigenvalue weighted by Gasteiger charge is -2.47. The maximum atomic E-state index is 6.52. The van der Waals surface area contributed by atoms with Crippen molar-refractivity contribution in [3.63, 3.8) is 0 Å². The Morgan fingerprint density at radius 2 is 1.74 bits per heavy atom. The maximum Gasteiger partial charge on any atom is 0.0810 e. The van der Waals surface area contributed by atoms with Gasteiger partial charge < -0.3 is 10.1 Å². The second kappa shape index (κ2) is 6.13. The van der Waals surface area contributed by atoms with Crippen LogP contribution in [0.1, 0.15) is 72.6 Å². The van der Waals surface area contributed by atoms with Gasteiger partial charge in [0.1, 0.15) is 0 Å². The minimum atomic E-state index is 0.142. The van der Waals surface area contributed by atoms with Gasteiger partial charge in [0.15, 0.2) is 0 Å². The van der Waals surface area contributed by atoms with E-state index in [1.807, 2.05) is 0 Å². The molecule has 2 heteroatoms. The van der Waals surface area contributed by atoms with Gasteiger partial charge in [0, 0.05) is 6.54 Å². The highest BCUT2D eigenvalue weighted by atomic mass is 16.5. The van der Waals surface area contributed by atoms with Crippen LogP contribution in [-0.4, -0.2) is 24.8 Å². The third-order valence-corrected chi connectivity index (χ3v) is 5.29. The minimum Gasteiger partial charge on any atom is -0.370 e. The number of nitrogens with one attached hydrogen (secondary N) is 1. The maximum absolute atomic E-state index is 6.52. The molecule has 0 amide bonds. The van der Waals surface area contributed by atoms with Crippen LogP contribution in [0.4, 0.5) is 0 Å². The van der Waals surface area contributed by atoms with E-state index in [1.54, 1.807) is 0 Å². The first kappa shape index (κ1) is 15.3. The van der Waals surface area contributed by atoms with Gasteiger partial charge in [-0.3, -0.25) is 0 Å². The summed E-state index contributed by atoms with van der Waals surface area (Å²) < 4.78 is 6.52. The van der Waals surface area contributed by atoms with E-state index >= 15 is 0 Å². The Kier molecular flexibility index (Phi) is 4.94. The highest BCUT2D eigenvalue weighted by molar-refractivity contribution is 4.93.